The van der Waals surface area contributed by atoms with E-state index in [4.69, 9.17) is 9.47 Å². The van der Waals surface area contributed by atoms with Gasteiger partial charge in [0.1, 0.15) is 0 Å². The van der Waals surface area contributed by atoms with Gasteiger partial charge in [0.25, 0.3) is 0 Å². The minimum Gasteiger partial charge on any atom is -0.454 e. The first-order valence-corrected chi connectivity index (χ1v) is 10.5. The Balaban J connectivity index is 1.63. The number of nitrogens with zero attached hydrogens (tertiary/aromatic N) is 2. The molecule has 0 radical (unpaired) electrons. The molecular formula is C21H18N2O4S. The summed E-state index contributed by atoms with van der Waals surface area (Å²) in [5, 5.41) is 0. The Kier molecular flexibility index (Phi) is 4.07. The summed E-state index contributed by atoms with van der Waals surface area (Å²) in [5.74, 6) is 1.02. The molecule has 1 unspecified atom stereocenters. The second-order valence-corrected chi connectivity index (χ2v) is 8.66. The van der Waals surface area contributed by atoms with Gasteiger partial charge in [-0.25, -0.2) is 8.42 Å². The second-order valence-electron chi connectivity index (χ2n) is 6.77. The van der Waals surface area contributed by atoms with E-state index in [0.29, 0.717) is 24.5 Å². The summed E-state index contributed by atoms with van der Waals surface area (Å²) in [7, 11) is -3.75. The van der Waals surface area contributed by atoms with E-state index in [1.165, 1.54) is 0 Å². The lowest BCUT2D eigenvalue weighted by Crippen LogP contribution is -2.40. The number of pyridine rings is 1. The largest absolute Gasteiger partial charge is 0.454 e. The van der Waals surface area contributed by atoms with Crippen LogP contribution in [0.1, 0.15) is 22.7 Å². The fraction of sp³-hybridized carbons (Fsp3) is 0.190. The molecule has 0 N–H and O–H groups in total. The molecule has 0 aliphatic carbocycles. The van der Waals surface area contributed by atoms with Crippen molar-refractivity contribution in [2.75, 3.05) is 13.3 Å². The molecule has 3 aromatic rings. The molecule has 28 heavy (non-hydrogen) atoms. The Bertz CT molecular complexity index is 1130. The lowest BCUT2D eigenvalue weighted by atomic mass is 9.91. The molecule has 0 saturated heterocycles. The molecule has 7 heteroatoms. The lowest BCUT2D eigenvalue weighted by molar-refractivity contribution is 0.174. The lowest BCUT2D eigenvalue weighted by Gasteiger charge is -2.36. The Labute approximate surface area is 163 Å². The summed E-state index contributed by atoms with van der Waals surface area (Å²) in [5.41, 5.74) is 3.00. The maximum atomic E-state index is 13.6. The molecule has 0 fully saturated rings. The van der Waals surface area contributed by atoms with Crippen molar-refractivity contribution in [3.05, 3.63) is 83.7 Å². The molecular weight excluding hydrogens is 376 g/mol. The Morgan fingerprint density at radius 1 is 1.00 bits per heavy atom. The number of rotatable bonds is 3. The Hall–Kier alpha value is -2.90. The van der Waals surface area contributed by atoms with Crippen LogP contribution >= 0.6 is 0 Å². The SMILES string of the molecule is O=S(=O)(c1ccc2c(c1)OCO2)N1CCc2ccccc2C1c1cccnc1. The maximum Gasteiger partial charge on any atom is 0.244 e. The van der Waals surface area contributed by atoms with Crippen LogP contribution in [0.15, 0.2) is 71.9 Å². The van der Waals surface area contributed by atoms with Crippen LogP contribution in [0.2, 0.25) is 0 Å². The van der Waals surface area contributed by atoms with Gasteiger partial charge in [0.2, 0.25) is 16.8 Å². The highest BCUT2D eigenvalue weighted by atomic mass is 32.2. The molecule has 2 aromatic carbocycles. The van der Waals surface area contributed by atoms with Gasteiger partial charge in [0, 0.05) is 25.0 Å². The van der Waals surface area contributed by atoms with Crippen molar-refractivity contribution in [1.29, 1.82) is 0 Å². The fourth-order valence-electron chi connectivity index (χ4n) is 3.86. The monoisotopic (exact) mass is 394 g/mol. The van der Waals surface area contributed by atoms with E-state index in [0.717, 1.165) is 16.7 Å². The van der Waals surface area contributed by atoms with Crippen molar-refractivity contribution in [2.45, 2.75) is 17.4 Å². The second kappa shape index (κ2) is 6.61. The minimum atomic E-state index is -3.75. The molecule has 2 aliphatic rings. The average Bonchev–Trinajstić information content (AvgIpc) is 3.21. The molecule has 0 spiro atoms. The van der Waals surface area contributed by atoms with E-state index in [9.17, 15) is 8.42 Å². The fourth-order valence-corrected chi connectivity index (χ4v) is 5.47. The first kappa shape index (κ1) is 17.2. The van der Waals surface area contributed by atoms with Gasteiger partial charge in [-0.05, 0) is 41.3 Å². The van der Waals surface area contributed by atoms with Gasteiger partial charge >= 0.3 is 0 Å². The zero-order chi connectivity index (χ0) is 19.1. The first-order chi connectivity index (χ1) is 13.6. The van der Waals surface area contributed by atoms with E-state index < -0.39 is 16.1 Å². The van der Waals surface area contributed by atoms with Gasteiger partial charge in [-0.15, -0.1) is 0 Å². The molecule has 0 saturated carbocycles. The summed E-state index contributed by atoms with van der Waals surface area (Å²) in [6.45, 7) is 0.502. The third kappa shape index (κ3) is 2.75. The van der Waals surface area contributed by atoms with Crippen LogP contribution < -0.4 is 9.47 Å². The number of fused-ring (bicyclic) bond motifs is 2. The first-order valence-electron chi connectivity index (χ1n) is 9.04. The topological polar surface area (TPSA) is 68.7 Å². The smallest absolute Gasteiger partial charge is 0.244 e. The quantitative estimate of drug-likeness (QED) is 0.683. The standard InChI is InChI=1S/C21H18N2O4S/c24-28(25,17-7-8-19-20(12-17)27-14-26-19)23-11-9-15-4-1-2-6-18(15)21(23)16-5-3-10-22-13-16/h1-8,10,12-13,21H,9,11,14H2. The van der Waals surface area contributed by atoms with Gasteiger partial charge in [0.05, 0.1) is 10.9 Å². The van der Waals surface area contributed by atoms with Crippen LogP contribution in [0.25, 0.3) is 0 Å². The third-order valence-corrected chi connectivity index (χ3v) is 7.05. The summed E-state index contributed by atoms with van der Waals surface area (Å²) < 4.78 is 39.4. The van der Waals surface area contributed by atoms with Crippen molar-refractivity contribution < 1.29 is 17.9 Å². The number of aromatic nitrogens is 1. The van der Waals surface area contributed by atoms with E-state index in [2.05, 4.69) is 11.1 Å². The maximum absolute atomic E-state index is 13.6. The molecule has 5 rings (SSSR count). The number of benzene rings is 2. The van der Waals surface area contributed by atoms with Crippen molar-refractivity contribution in [2.24, 2.45) is 0 Å². The third-order valence-electron chi connectivity index (χ3n) is 5.19. The van der Waals surface area contributed by atoms with Crippen LogP contribution in [0.3, 0.4) is 0 Å². The zero-order valence-electron chi connectivity index (χ0n) is 15.0. The summed E-state index contributed by atoms with van der Waals surface area (Å²) in [4.78, 5) is 4.41. The number of ether oxygens (including phenoxy) is 2. The zero-order valence-corrected chi connectivity index (χ0v) is 15.8. The predicted molar refractivity (Wildman–Crippen MR) is 103 cm³/mol. The molecule has 1 atom stereocenters. The summed E-state index contributed by atoms with van der Waals surface area (Å²) in [6.07, 6.45) is 4.08. The highest BCUT2D eigenvalue weighted by Gasteiger charge is 2.38. The van der Waals surface area contributed by atoms with Crippen LogP contribution in [0.4, 0.5) is 0 Å². The number of hydrogen-bond donors (Lipinski definition) is 0. The van der Waals surface area contributed by atoms with Crippen molar-refractivity contribution in [1.82, 2.24) is 9.29 Å². The Morgan fingerprint density at radius 2 is 1.86 bits per heavy atom. The van der Waals surface area contributed by atoms with Crippen molar-refractivity contribution in [3.63, 3.8) is 0 Å². The van der Waals surface area contributed by atoms with Gasteiger partial charge in [-0.3, -0.25) is 4.98 Å². The van der Waals surface area contributed by atoms with E-state index in [-0.39, 0.29) is 11.7 Å². The molecule has 1 aromatic heterocycles. The van der Waals surface area contributed by atoms with Crippen molar-refractivity contribution >= 4 is 10.0 Å². The molecule has 6 nitrogen and oxygen atoms in total. The average molecular weight is 394 g/mol. The van der Waals surface area contributed by atoms with E-state index in [1.54, 1.807) is 34.9 Å². The van der Waals surface area contributed by atoms with E-state index in [1.807, 2.05) is 30.3 Å². The van der Waals surface area contributed by atoms with Gasteiger partial charge in [-0.2, -0.15) is 4.31 Å². The highest BCUT2D eigenvalue weighted by molar-refractivity contribution is 7.89. The van der Waals surface area contributed by atoms with Gasteiger partial charge < -0.3 is 9.47 Å². The highest BCUT2D eigenvalue weighted by Crippen LogP contribution is 2.40. The summed E-state index contributed by atoms with van der Waals surface area (Å²) in [6, 6.07) is 16.1. The predicted octanol–water partition coefficient (Wildman–Crippen LogP) is 3.15. The number of sulfonamides is 1. The number of hydrogen-bond acceptors (Lipinski definition) is 5. The summed E-state index contributed by atoms with van der Waals surface area (Å²) >= 11 is 0. The van der Waals surface area contributed by atoms with Crippen LogP contribution in [0.5, 0.6) is 11.5 Å². The van der Waals surface area contributed by atoms with Crippen LogP contribution in [0, 0.1) is 0 Å². The molecule has 0 bridgehead atoms. The normalized spacial score (nSPS) is 18.6. The Morgan fingerprint density at radius 3 is 2.71 bits per heavy atom. The minimum absolute atomic E-state index is 0.105. The molecule has 2 aliphatic heterocycles. The van der Waals surface area contributed by atoms with Crippen LogP contribution in [-0.2, 0) is 16.4 Å². The van der Waals surface area contributed by atoms with Gasteiger partial charge in [0.15, 0.2) is 11.5 Å². The van der Waals surface area contributed by atoms with Crippen molar-refractivity contribution in [3.8, 4) is 11.5 Å². The van der Waals surface area contributed by atoms with E-state index >= 15 is 0 Å². The van der Waals surface area contributed by atoms with Gasteiger partial charge in [-0.1, -0.05) is 30.3 Å². The molecule has 0 amide bonds. The van der Waals surface area contributed by atoms with Crippen LogP contribution in [-0.4, -0.2) is 31.0 Å². The molecule has 142 valence electrons. The molecule has 3 heterocycles.